The molecule has 2 fully saturated rings. The number of hydrogen-bond acceptors (Lipinski definition) is 4. The van der Waals surface area contributed by atoms with Crippen molar-refractivity contribution in [1.82, 2.24) is 10.6 Å². The molecule has 0 aromatic heterocycles. The smallest absolute Gasteiger partial charge is 0.258 e. The molecule has 2 atom stereocenters. The van der Waals surface area contributed by atoms with Gasteiger partial charge in [-0.2, -0.15) is 0 Å². The molecule has 6 nitrogen and oxygen atoms in total. The molecule has 0 saturated heterocycles. The Kier molecular flexibility index (Phi) is 8.13. The minimum absolute atomic E-state index is 0. The highest BCUT2D eigenvalue weighted by Crippen LogP contribution is 2.31. The van der Waals surface area contributed by atoms with Gasteiger partial charge in [0.15, 0.2) is 6.61 Å². The number of benzene rings is 1. The van der Waals surface area contributed by atoms with Gasteiger partial charge in [-0.3, -0.25) is 9.59 Å². The molecule has 2 aliphatic rings. The lowest BCUT2D eigenvalue weighted by molar-refractivity contribution is -0.128. The molecule has 2 unspecified atom stereocenters. The van der Waals surface area contributed by atoms with Crippen LogP contribution in [-0.2, 0) is 16.0 Å². The maximum atomic E-state index is 12.4. The number of amides is 2. The Balaban J connectivity index is 0.00000280. The molecule has 3 rings (SSSR count). The van der Waals surface area contributed by atoms with Crippen LogP contribution in [0, 0.1) is 5.92 Å². The molecule has 2 saturated carbocycles. The Morgan fingerprint density at radius 1 is 1.18 bits per heavy atom. The summed E-state index contributed by atoms with van der Waals surface area (Å²) in [6.45, 7) is 2.63. The van der Waals surface area contributed by atoms with Crippen LogP contribution in [0.1, 0.15) is 51.0 Å². The topological polar surface area (TPSA) is 93.5 Å². The van der Waals surface area contributed by atoms with E-state index in [1.54, 1.807) is 0 Å². The molecular formula is C21H32ClN3O3. The van der Waals surface area contributed by atoms with E-state index in [0.29, 0.717) is 18.3 Å². The van der Waals surface area contributed by atoms with Crippen LogP contribution in [0.5, 0.6) is 5.75 Å². The Morgan fingerprint density at radius 2 is 1.89 bits per heavy atom. The molecule has 4 N–H and O–H groups in total. The first-order valence-corrected chi connectivity index (χ1v) is 10.0. The van der Waals surface area contributed by atoms with Gasteiger partial charge in [0.25, 0.3) is 5.91 Å². The summed E-state index contributed by atoms with van der Waals surface area (Å²) in [5.41, 5.74) is 7.02. The summed E-state index contributed by atoms with van der Waals surface area (Å²) in [5.74, 6) is 0.582. The summed E-state index contributed by atoms with van der Waals surface area (Å²) >= 11 is 0. The van der Waals surface area contributed by atoms with Crippen LogP contribution < -0.4 is 21.1 Å². The fourth-order valence-corrected chi connectivity index (χ4v) is 3.64. The SMILES string of the molecule is CC1(N)CCCCC1C(=O)NCCc1ccc(OCC(=O)NC2CC2)cc1.Cl. The van der Waals surface area contributed by atoms with Crippen molar-refractivity contribution >= 4 is 24.2 Å². The summed E-state index contributed by atoms with van der Waals surface area (Å²) in [4.78, 5) is 24.1. The van der Waals surface area contributed by atoms with Gasteiger partial charge in [-0.05, 0) is 56.7 Å². The number of rotatable bonds is 8. The molecule has 156 valence electrons. The third-order valence-electron chi connectivity index (χ3n) is 5.52. The van der Waals surface area contributed by atoms with Gasteiger partial charge in [-0.15, -0.1) is 12.4 Å². The van der Waals surface area contributed by atoms with Gasteiger partial charge in [0.2, 0.25) is 5.91 Å². The summed E-state index contributed by atoms with van der Waals surface area (Å²) < 4.78 is 5.50. The van der Waals surface area contributed by atoms with Gasteiger partial charge < -0.3 is 21.1 Å². The number of carbonyl (C=O) groups is 2. The van der Waals surface area contributed by atoms with E-state index in [0.717, 1.165) is 50.5 Å². The molecule has 1 aromatic rings. The second-order valence-electron chi connectivity index (χ2n) is 8.12. The molecule has 7 heteroatoms. The molecule has 0 aliphatic heterocycles. The van der Waals surface area contributed by atoms with Crippen molar-refractivity contribution in [2.75, 3.05) is 13.2 Å². The molecule has 2 aliphatic carbocycles. The van der Waals surface area contributed by atoms with E-state index in [9.17, 15) is 9.59 Å². The third-order valence-corrected chi connectivity index (χ3v) is 5.52. The predicted octanol–water partition coefficient (Wildman–Crippen LogP) is 2.33. The van der Waals surface area contributed by atoms with Crippen molar-refractivity contribution in [3.63, 3.8) is 0 Å². The highest BCUT2D eigenvalue weighted by molar-refractivity contribution is 5.85. The van der Waals surface area contributed by atoms with E-state index >= 15 is 0 Å². The molecule has 0 spiro atoms. The van der Waals surface area contributed by atoms with Crippen LogP contribution in [-0.4, -0.2) is 36.5 Å². The minimum Gasteiger partial charge on any atom is -0.484 e. The molecule has 28 heavy (non-hydrogen) atoms. The van der Waals surface area contributed by atoms with Crippen LogP contribution >= 0.6 is 12.4 Å². The van der Waals surface area contributed by atoms with E-state index < -0.39 is 5.54 Å². The molecule has 2 amide bonds. The Morgan fingerprint density at radius 3 is 2.54 bits per heavy atom. The van der Waals surface area contributed by atoms with E-state index in [-0.39, 0.29) is 36.7 Å². The van der Waals surface area contributed by atoms with Crippen LogP contribution in [0.25, 0.3) is 0 Å². The lowest BCUT2D eigenvalue weighted by atomic mass is 9.74. The average molecular weight is 410 g/mol. The minimum atomic E-state index is -0.396. The monoisotopic (exact) mass is 409 g/mol. The maximum absolute atomic E-state index is 12.4. The highest BCUT2D eigenvalue weighted by Gasteiger charge is 2.37. The average Bonchev–Trinajstić information content (AvgIpc) is 3.44. The van der Waals surface area contributed by atoms with Crippen LogP contribution in [0.4, 0.5) is 0 Å². The second kappa shape index (κ2) is 10.1. The Bertz CT molecular complexity index is 659. The summed E-state index contributed by atoms with van der Waals surface area (Å²) in [6.07, 6.45) is 6.86. The normalized spacial score (nSPS) is 24.0. The molecule has 0 bridgehead atoms. The van der Waals surface area contributed by atoms with Crippen LogP contribution in [0.15, 0.2) is 24.3 Å². The maximum Gasteiger partial charge on any atom is 0.258 e. The summed E-state index contributed by atoms with van der Waals surface area (Å²) in [5, 5.41) is 5.93. The number of halogens is 1. The highest BCUT2D eigenvalue weighted by atomic mass is 35.5. The van der Waals surface area contributed by atoms with E-state index in [1.807, 2.05) is 31.2 Å². The van der Waals surface area contributed by atoms with Crippen molar-refractivity contribution in [3.05, 3.63) is 29.8 Å². The zero-order chi connectivity index (χ0) is 19.3. The van der Waals surface area contributed by atoms with Crippen molar-refractivity contribution in [2.24, 2.45) is 11.7 Å². The number of hydrogen-bond donors (Lipinski definition) is 3. The van der Waals surface area contributed by atoms with Gasteiger partial charge in [-0.25, -0.2) is 0 Å². The Labute approximate surface area is 173 Å². The number of carbonyl (C=O) groups excluding carboxylic acids is 2. The van der Waals surface area contributed by atoms with Crippen molar-refractivity contribution in [1.29, 1.82) is 0 Å². The Hall–Kier alpha value is -1.79. The molecular weight excluding hydrogens is 378 g/mol. The first-order chi connectivity index (χ1) is 12.9. The number of ether oxygens (including phenoxy) is 1. The lowest BCUT2D eigenvalue weighted by Gasteiger charge is -2.37. The van der Waals surface area contributed by atoms with Gasteiger partial charge in [0, 0.05) is 18.1 Å². The summed E-state index contributed by atoms with van der Waals surface area (Å²) in [6, 6.07) is 8.01. The van der Waals surface area contributed by atoms with Crippen molar-refractivity contribution < 1.29 is 14.3 Å². The first kappa shape index (κ1) is 22.5. The molecule has 0 heterocycles. The van der Waals surface area contributed by atoms with E-state index in [4.69, 9.17) is 10.5 Å². The standard InChI is InChI=1S/C21H31N3O3.ClH/c1-21(22)12-3-2-4-18(21)20(26)23-13-11-15-5-9-17(10-6-15)27-14-19(25)24-16-7-8-16;/h5-6,9-10,16,18H,2-4,7-8,11-14,22H2,1H3,(H,23,26)(H,24,25);1H. The zero-order valence-corrected chi connectivity index (χ0v) is 17.4. The molecule has 1 aromatic carbocycles. The van der Waals surface area contributed by atoms with Gasteiger partial charge in [0.1, 0.15) is 5.75 Å². The second-order valence-corrected chi connectivity index (χ2v) is 8.12. The number of nitrogens with two attached hydrogens (primary N) is 1. The zero-order valence-electron chi connectivity index (χ0n) is 16.5. The number of nitrogens with one attached hydrogen (secondary N) is 2. The van der Waals surface area contributed by atoms with Gasteiger partial charge >= 0.3 is 0 Å². The van der Waals surface area contributed by atoms with Crippen LogP contribution in [0.2, 0.25) is 0 Å². The fourth-order valence-electron chi connectivity index (χ4n) is 3.64. The first-order valence-electron chi connectivity index (χ1n) is 10.0. The van der Waals surface area contributed by atoms with Gasteiger partial charge in [0.05, 0.1) is 5.92 Å². The lowest BCUT2D eigenvalue weighted by Crippen LogP contribution is -2.53. The van der Waals surface area contributed by atoms with Crippen molar-refractivity contribution in [3.8, 4) is 5.75 Å². The van der Waals surface area contributed by atoms with Crippen molar-refractivity contribution in [2.45, 2.75) is 63.5 Å². The van der Waals surface area contributed by atoms with E-state index in [2.05, 4.69) is 10.6 Å². The fraction of sp³-hybridized carbons (Fsp3) is 0.619. The van der Waals surface area contributed by atoms with Crippen LogP contribution in [0.3, 0.4) is 0 Å². The summed E-state index contributed by atoms with van der Waals surface area (Å²) in [7, 11) is 0. The van der Waals surface area contributed by atoms with E-state index in [1.165, 1.54) is 0 Å². The van der Waals surface area contributed by atoms with Gasteiger partial charge in [-0.1, -0.05) is 25.0 Å². The molecule has 0 radical (unpaired) electrons. The predicted molar refractivity (Wildman–Crippen MR) is 112 cm³/mol. The largest absolute Gasteiger partial charge is 0.484 e. The quantitative estimate of drug-likeness (QED) is 0.614. The third kappa shape index (κ3) is 6.67.